The maximum atomic E-state index is 11.3. The zero-order valence-corrected chi connectivity index (χ0v) is 7.63. The van der Waals surface area contributed by atoms with Crippen molar-refractivity contribution >= 4 is 5.78 Å². The molecule has 11 heavy (non-hydrogen) atoms. The van der Waals surface area contributed by atoms with Crippen molar-refractivity contribution in [3.8, 4) is 0 Å². The Hall–Kier alpha value is -0.370. The first-order chi connectivity index (χ1) is 5.15. The Bertz CT molecular complexity index is 156. The van der Waals surface area contributed by atoms with Crippen molar-refractivity contribution in [2.24, 2.45) is 5.92 Å². The first-order valence-electron chi connectivity index (χ1n) is 4.38. The fourth-order valence-electron chi connectivity index (χ4n) is 1.87. The lowest BCUT2D eigenvalue weighted by molar-refractivity contribution is -0.122. The van der Waals surface area contributed by atoms with Gasteiger partial charge in [-0.3, -0.25) is 9.69 Å². The molecule has 1 saturated heterocycles. The summed E-state index contributed by atoms with van der Waals surface area (Å²) >= 11 is 0. The summed E-state index contributed by atoms with van der Waals surface area (Å²) in [6.45, 7) is 5.23. The zero-order valence-electron chi connectivity index (χ0n) is 7.63. The van der Waals surface area contributed by atoms with Crippen LogP contribution >= 0.6 is 0 Å². The fourth-order valence-corrected chi connectivity index (χ4v) is 1.87. The van der Waals surface area contributed by atoms with E-state index in [9.17, 15) is 4.79 Å². The number of ketones is 1. The normalized spacial score (nSPS) is 32.6. The Kier molecular flexibility index (Phi) is 2.66. The average molecular weight is 155 g/mol. The molecule has 2 nitrogen and oxygen atoms in total. The van der Waals surface area contributed by atoms with Crippen LogP contribution in [-0.4, -0.2) is 30.3 Å². The van der Waals surface area contributed by atoms with Gasteiger partial charge in [0.1, 0.15) is 5.78 Å². The molecule has 1 heterocycles. The van der Waals surface area contributed by atoms with Crippen molar-refractivity contribution in [3.05, 3.63) is 0 Å². The topological polar surface area (TPSA) is 20.3 Å². The zero-order chi connectivity index (χ0) is 8.43. The monoisotopic (exact) mass is 155 g/mol. The number of likely N-dealkylation sites (N-methyl/N-ethyl adjacent to an activating group) is 1. The van der Waals surface area contributed by atoms with Crippen LogP contribution in [0.2, 0.25) is 0 Å². The molecule has 0 aliphatic carbocycles. The van der Waals surface area contributed by atoms with Crippen LogP contribution in [0.15, 0.2) is 0 Å². The van der Waals surface area contributed by atoms with Crippen LogP contribution in [0, 0.1) is 5.92 Å². The molecule has 1 aliphatic heterocycles. The van der Waals surface area contributed by atoms with E-state index in [1.165, 1.54) is 0 Å². The number of Topliss-reactive ketones (excluding diaryl/α,β-unsaturated/α-hetero) is 1. The predicted octanol–water partition coefficient (Wildman–Crippen LogP) is 1.31. The van der Waals surface area contributed by atoms with Crippen LogP contribution in [0.25, 0.3) is 0 Å². The first kappa shape index (κ1) is 8.72. The molecule has 2 heteroatoms. The van der Waals surface area contributed by atoms with Crippen LogP contribution < -0.4 is 0 Å². The SMILES string of the molecule is CCC(=O)[C@@H]1CC(C)CN1C. The number of rotatable bonds is 2. The largest absolute Gasteiger partial charge is 0.298 e. The second-order valence-electron chi connectivity index (χ2n) is 3.62. The molecule has 0 bridgehead atoms. The van der Waals surface area contributed by atoms with Crippen molar-refractivity contribution < 1.29 is 4.79 Å². The molecule has 0 aromatic carbocycles. The van der Waals surface area contributed by atoms with Gasteiger partial charge >= 0.3 is 0 Å². The van der Waals surface area contributed by atoms with E-state index in [0.717, 1.165) is 13.0 Å². The van der Waals surface area contributed by atoms with Gasteiger partial charge in [-0.25, -0.2) is 0 Å². The van der Waals surface area contributed by atoms with Gasteiger partial charge in [-0.1, -0.05) is 13.8 Å². The number of nitrogens with zero attached hydrogens (tertiary/aromatic N) is 1. The van der Waals surface area contributed by atoms with Gasteiger partial charge in [0.15, 0.2) is 0 Å². The molecule has 1 aliphatic rings. The Labute approximate surface area is 68.6 Å². The molecular weight excluding hydrogens is 138 g/mol. The third kappa shape index (κ3) is 1.80. The minimum atomic E-state index is 0.218. The van der Waals surface area contributed by atoms with E-state index >= 15 is 0 Å². The van der Waals surface area contributed by atoms with E-state index < -0.39 is 0 Å². The molecule has 1 fully saturated rings. The van der Waals surface area contributed by atoms with E-state index in [0.29, 0.717) is 18.1 Å². The Morgan fingerprint density at radius 1 is 1.64 bits per heavy atom. The number of carbonyl (C=O) groups excluding carboxylic acids is 1. The van der Waals surface area contributed by atoms with Gasteiger partial charge < -0.3 is 0 Å². The lowest BCUT2D eigenvalue weighted by Gasteiger charge is -2.16. The highest BCUT2D eigenvalue weighted by atomic mass is 16.1. The maximum absolute atomic E-state index is 11.3. The standard InChI is InChI=1S/C9H17NO/c1-4-9(11)8-5-7(2)6-10(8)3/h7-8H,4-6H2,1-3H3/t7?,8-/m0/s1. The smallest absolute Gasteiger partial charge is 0.149 e. The van der Waals surface area contributed by atoms with Crippen LogP contribution in [0.1, 0.15) is 26.7 Å². The minimum absolute atomic E-state index is 0.218. The lowest BCUT2D eigenvalue weighted by atomic mass is 10.0. The molecule has 2 atom stereocenters. The molecule has 0 aromatic rings. The highest BCUT2D eigenvalue weighted by Gasteiger charge is 2.30. The number of likely N-dealkylation sites (tertiary alicyclic amines) is 1. The van der Waals surface area contributed by atoms with Crippen LogP contribution in [-0.2, 0) is 4.79 Å². The van der Waals surface area contributed by atoms with Gasteiger partial charge in [0.25, 0.3) is 0 Å². The van der Waals surface area contributed by atoms with E-state index in [2.05, 4.69) is 11.8 Å². The summed E-state index contributed by atoms with van der Waals surface area (Å²) in [5, 5.41) is 0. The van der Waals surface area contributed by atoms with Gasteiger partial charge in [0.2, 0.25) is 0 Å². The number of hydrogen-bond donors (Lipinski definition) is 0. The van der Waals surface area contributed by atoms with E-state index in [4.69, 9.17) is 0 Å². The van der Waals surface area contributed by atoms with E-state index in [1.807, 2.05) is 14.0 Å². The molecule has 0 amide bonds. The second-order valence-corrected chi connectivity index (χ2v) is 3.62. The highest BCUT2D eigenvalue weighted by Crippen LogP contribution is 2.21. The summed E-state index contributed by atoms with van der Waals surface area (Å²) in [6.07, 6.45) is 1.74. The number of carbonyl (C=O) groups is 1. The summed E-state index contributed by atoms with van der Waals surface area (Å²) in [4.78, 5) is 13.5. The highest BCUT2D eigenvalue weighted by molar-refractivity contribution is 5.83. The molecule has 0 aromatic heterocycles. The van der Waals surface area contributed by atoms with Crippen molar-refractivity contribution in [3.63, 3.8) is 0 Å². The molecule has 1 unspecified atom stereocenters. The third-order valence-corrected chi connectivity index (χ3v) is 2.48. The summed E-state index contributed by atoms with van der Waals surface area (Å²) < 4.78 is 0. The minimum Gasteiger partial charge on any atom is -0.298 e. The van der Waals surface area contributed by atoms with E-state index in [1.54, 1.807) is 0 Å². The fraction of sp³-hybridized carbons (Fsp3) is 0.889. The van der Waals surface area contributed by atoms with Gasteiger partial charge in [-0.05, 0) is 19.4 Å². The van der Waals surface area contributed by atoms with Crippen molar-refractivity contribution in [1.82, 2.24) is 4.90 Å². The molecule has 1 rings (SSSR count). The quantitative estimate of drug-likeness (QED) is 0.599. The summed E-state index contributed by atoms with van der Waals surface area (Å²) in [5.74, 6) is 1.09. The van der Waals surface area contributed by atoms with Crippen molar-refractivity contribution in [2.45, 2.75) is 32.7 Å². The summed E-state index contributed by atoms with van der Waals surface area (Å²) in [6, 6.07) is 0.218. The summed E-state index contributed by atoms with van der Waals surface area (Å²) in [7, 11) is 2.04. The first-order valence-corrected chi connectivity index (χ1v) is 4.38. The van der Waals surface area contributed by atoms with E-state index in [-0.39, 0.29) is 6.04 Å². The van der Waals surface area contributed by atoms with Gasteiger partial charge in [0, 0.05) is 13.0 Å². The Morgan fingerprint density at radius 3 is 2.64 bits per heavy atom. The van der Waals surface area contributed by atoms with Crippen LogP contribution in [0.3, 0.4) is 0 Å². The van der Waals surface area contributed by atoms with Gasteiger partial charge in [0.05, 0.1) is 6.04 Å². The molecule has 0 saturated carbocycles. The molecule has 0 N–H and O–H groups in total. The molecular formula is C9H17NO. The predicted molar refractivity (Wildman–Crippen MR) is 45.5 cm³/mol. The Morgan fingerprint density at radius 2 is 2.27 bits per heavy atom. The summed E-state index contributed by atoms with van der Waals surface area (Å²) in [5.41, 5.74) is 0. The van der Waals surface area contributed by atoms with Gasteiger partial charge in [-0.2, -0.15) is 0 Å². The molecule has 0 radical (unpaired) electrons. The van der Waals surface area contributed by atoms with Crippen LogP contribution in [0.4, 0.5) is 0 Å². The van der Waals surface area contributed by atoms with Crippen molar-refractivity contribution in [1.29, 1.82) is 0 Å². The number of hydrogen-bond acceptors (Lipinski definition) is 2. The molecule has 0 spiro atoms. The Balaban J connectivity index is 2.52. The average Bonchev–Trinajstić information content (AvgIpc) is 2.28. The second kappa shape index (κ2) is 3.35. The lowest BCUT2D eigenvalue weighted by Crippen LogP contribution is -2.32. The van der Waals surface area contributed by atoms with Crippen molar-refractivity contribution in [2.75, 3.05) is 13.6 Å². The van der Waals surface area contributed by atoms with Gasteiger partial charge in [-0.15, -0.1) is 0 Å². The van der Waals surface area contributed by atoms with Crippen LogP contribution in [0.5, 0.6) is 0 Å². The molecule has 64 valence electrons. The third-order valence-electron chi connectivity index (χ3n) is 2.48. The maximum Gasteiger partial charge on any atom is 0.149 e.